The lowest BCUT2D eigenvalue weighted by Gasteiger charge is -2.38. The molecule has 1 N–H and O–H groups in total. The fourth-order valence-electron chi connectivity index (χ4n) is 3.07. The Morgan fingerprint density at radius 3 is 2.72 bits per heavy atom. The Hall–Kier alpha value is -0.380. The number of aliphatic imine (C=N–C) groups is 1. The molecule has 5 nitrogen and oxygen atoms in total. The minimum Gasteiger partial charge on any atom is -0.379 e. The van der Waals surface area contributed by atoms with Crippen molar-refractivity contribution in [1.29, 1.82) is 0 Å². The highest BCUT2D eigenvalue weighted by Gasteiger charge is 2.23. The molecule has 1 saturated heterocycles. The third-order valence-corrected chi connectivity index (χ3v) is 4.98. The van der Waals surface area contributed by atoms with Gasteiger partial charge in [-0.2, -0.15) is 0 Å². The average Bonchev–Trinajstić information content (AvgIpc) is 2.57. The van der Waals surface area contributed by atoms with E-state index in [0.29, 0.717) is 12.1 Å². The summed E-state index contributed by atoms with van der Waals surface area (Å²) < 4.78 is 6.63. The zero-order chi connectivity index (χ0) is 17.5. The van der Waals surface area contributed by atoms with Crippen molar-refractivity contribution in [2.75, 3.05) is 40.4 Å². The van der Waals surface area contributed by atoms with Crippen molar-refractivity contribution >= 4 is 45.9 Å². The smallest absolute Gasteiger partial charge is 0.193 e. The molecule has 0 aliphatic carbocycles. The summed E-state index contributed by atoms with van der Waals surface area (Å²) in [6, 6.07) is 9.32. The maximum Gasteiger partial charge on any atom is 0.193 e. The molecule has 0 bridgehead atoms. The largest absolute Gasteiger partial charge is 0.379 e. The zero-order valence-electron chi connectivity index (χ0n) is 15.5. The summed E-state index contributed by atoms with van der Waals surface area (Å²) in [4.78, 5) is 9.07. The van der Waals surface area contributed by atoms with E-state index in [2.05, 4.69) is 81.2 Å². The van der Waals surface area contributed by atoms with Crippen LogP contribution < -0.4 is 5.32 Å². The molecule has 0 aromatic heterocycles. The van der Waals surface area contributed by atoms with Crippen molar-refractivity contribution in [3.63, 3.8) is 0 Å². The first kappa shape index (κ1) is 22.7. The maximum atomic E-state index is 5.52. The minimum absolute atomic E-state index is 0. The molecule has 2 unspecified atom stereocenters. The standard InChI is InChI=1S/C18H29BrN4O.HI/c1-14(23-9-10-24-13-15(23)2)11-21-18(20-3)22(4)12-16-5-7-17(19)8-6-16;/h5-8,14-15H,9-13H2,1-4H3,(H,20,21);1H. The number of ether oxygens (including phenoxy) is 1. The highest BCUT2D eigenvalue weighted by molar-refractivity contribution is 14.0. The number of nitrogens with one attached hydrogen (secondary N) is 1. The molecule has 2 rings (SSSR count). The summed E-state index contributed by atoms with van der Waals surface area (Å²) in [6.07, 6.45) is 0. The van der Waals surface area contributed by atoms with Crippen LogP contribution in [-0.2, 0) is 11.3 Å². The predicted octanol–water partition coefficient (Wildman–Crippen LogP) is 3.18. The van der Waals surface area contributed by atoms with E-state index >= 15 is 0 Å². The van der Waals surface area contributed by atoms with Gasteiger partial charge in [0, 0.05) is 50.3 Å². The van der Waals surface area contributed by atoms with Gasteiger partial charge in [-0.25, -0.2) is 0 Å². The Morgan fingerprint density at radius 1 is 1.44 bits per heavy atom. The highest BCUT2D eigenvalue weighted by Crippen LogP contribution is 2.12. The van der Waals surface area contributed by atoms with Crippen LogP contribution in [0.25, 0.3) is 0 Å². The number of rotatable bonds is 5. The highest BCUT2D eigenvalue weighted by atomic mass is 127. The molecule has 142 valence electrons. The van der Waals surface area contributed by atoms with Crippen molar-refractivity contribution < 1.29 is 4.74 Å². The Balaban J connectivity index is 0.00000312. The van der Waals surface area contributed by atoms with Gasteiger partial charge >= 0.3 is 0 Å². The van der Waals surface area contributed by atoms with Crippen molar-refractivity contribution in [2.24, 2.45) is 4.99 Å². The second kappa shape index (κ2) is 11.4. The van der Waals surface area contributed by atoms with Crippen LogP contribution in [0.2, 0.25) is 0 Å². The maximum absolute atomic E-state index is 5.52. The van der Waals surface area contributed by atoms with Gasteiger partial charge in [0.2, 0.25) is 0 Å². The predicted molar refractivity (Wildman–Crippen MR) is 119 cm³/mol. The van der Waals surface area contributed by atoms with Gasteiger partial charge in [-0.1, -0.05) is 28.1 Å². The van der Waals surface area contributed by atoms with Gasteiger partial charge in [0.25, 0.3) is 0 Å². The summed E-state index contributed by atoms with van der Waals surface area (Å²) in [5.41, 5.74) is 1.26. The van der Waals surface area contributed by atoms with E-state index in [1.165, 1.54) is 5.56 Å². The molecule has 0 spiro atoms. The van der Waals surface area contributed by atoms with Crippen molar-refractivity contribution in [3.05, 3.63) is 34.3 Å². The van der Waals surface area contributed by atoms with Crippen LogP contribution in [0.3, 0.4) is 0 Å². The van der Waals surface area contributed by atoms with E-state index < -0.39 is 0 Å². The topological polar surface area (TPSA) is 40.1 Å². The first-order chi connectivity index (χ1) is 11.5. The van der Waals surface area contributed by atoms with Gasteiger partial charge in [0.1, 0.15) is 0 Å². The fraction of sp³-hybridized carbons (Fsp3) is 0.611. The van der Waals surface area contributed by atoms with Gasteiger partial charge in [-0.3, -0.25) is 9.89 Å². The lowest BCUT2D eigenvalue weighted by atomic mass is 10.2. The van der Waals surface area contributed by atoms with Crippen LogP contribution in [0.1, 0.15) is 19.4 Å². The third-order valence-electron chi connectivity index (χ3n) is 4.45. The number of hydrogen-bond acceptors (Lipinski definition) is 3. The van der Waals surface area contributed by atoms with E-state index in [-0.39, 0.29) is 24.0 Å². The molecule has 1 aromatic carbocycles. The summed E-state index contributed by atoms with van der Waals surface area (Å²) >= 11 is 3.47. The van der Waals surface area contributed by atoms with Crippen molar-refractivity contribution in [1.82, 2.24) is 15.1 Å². The molecule has 1 aromatic rings. The van der Waals surface area contributed by atoms with Crippen LogP contribution in [0.4, 0.5) is 0 Å². The molecule has 1 aliphatic rings. The first-order valence-electron chi connectivity index (χ1n) is 8.51. The Morgan fingerprint density at radius 2 is 2.12 bits per heavy atom. The minimum atomic E-state index is 0. The average molecular weight is 525 g/mol. The van der Waals surface area contributed by atoms with Gasteiger partial charge in [-0.05, 0) is 31.5 Å². The zero-order valence-corrected chi connectivity index (χ0v) is 19.5. The molecular formula is C18H30BrIN4O. The molecular weight excluding hydrogens is 495 g/mol. The summed E-state index contributed by atoms with van der Waals surface area (Å²) in [6.45, 7) is 8.84. The Bertz CT molecular complexity index is 540. The van der Waals surface area contributed by atoms with Gasteiger partial charge < -0.3 is 15.0 Å². The lowest BCUT2D eigenvalue weighted by molar-refractivity contribution is -0.0175. The van der Waals surface area contributed by atoms with Crippen LogP contribution >= 0.6 is 39.9 Å². The number of nitrogens with zero attached hydrogens (tertiary/aromatic N) is 3. The molecule has 7 heteroatoms. The monoisotopic (exact) mass is 524 g/mol. The first-order valence-corrected chi connectivity index (χ1v) is 9.30. The molecule has 2 atom stereocenters. The lowest BCUT2D eigenvalue weighted by Crippen LogP contribution is -2.53. The number of hydrogen-bond donors (Lipinski definition) is 1. The number of guanidine groups is 1. The molecule has 0 radical (unpaired) electrons. The number of morpholine rings is 1. The third kappa shape index (κ3) is 7.03. The van der Waals surface area contributed by atoms with E-state index in [1.807, 2.05) is 7.05 Å². The summed E-state index contributed by atoms with van der Waals surface area (Å²) in [7, 11) is 3.90. The van der Waals surface area contributed by atoms with Crippen LogP contribution in [-0.4, -0.2) is 68.2 Å². The van der Waals surface area contributed by atoms with Crippen LogP contribution in [0.15, 0.2) is 33.7 Å². The molecule has 25 heavy (non-hydrogen) atoms. The second-order valence-corrected chi connectivity index (χ2v) is 7.34. The molecule has 0 amide bonds. The second-order valence-electron chi connectivity index (χ2n) is 6.42. The molecule has 1 fully saturated rings. The van der Waals surface area contributed by atoms with E-state index in [0.717, 1.165) is 43.3 Å². The normalized spacial score (nSPS) is 19.9. The fourth-order valence-corrected chi connectivity index (χ4v) is 3.34. The number of halogens is 2. The van der Waals surface area contributed by atoms with Crippen LogP contribution in [0, 0.1) is 0 Å². The molecule has 1 aliphatic heterocycles. The van der Waals surface area contributed by atoms with Crippen LogP contribution in [0.5, 0.6) is 0 Å². The summed E-state index contributed by atoms with van der Waals surface area (Å²) in [5.74, 6) is 0.922. The Kier molecular flexibility index (Phi) is 10.3. The van der Waals surface area contributed by atoms with Crippen molar-refractivity contribution in [2.45, 2.75) is 32.5 Å². The van der Waals surface area contributed by atoms with Gasteiger partial charge in [0.05, 0.1) is 13.2 Å². The van der Waals surface area contributed by atoms with Gasteiger partial charge in [0.15, 0.2) is 5.96 Å². The molecule has 1 heterocycles. The number of benzene rings is 1. The van der Waals surface area contributed by atoms with Crippen molar-refractivity contribution in [3.8, 4) is 0 Å². The van der Waals surface area contributed by atoms with E-state index in [1.54, 1.807) is 0 Å². The molecule has 0 saturated carbocycles. The van der Waals surface area contributed by atoms with E-state index in [4.69, 9.17) is 4.74 Å². The summed E-state index contributed by atoms with van der Waals surface area (Å²) in [5, 5.41) is 3.50. The van der Waals surface area contributed by atoms with Gasteiger partial charge in [-0.15, -0.1) is 24.0 Å². The Labute approximate surface area is 177 Å². The van der Waals surface area contributed by atoms with E-state index in [9.17, 15) is 0 Å². The SMILES string of the molecule is CN=C(NCC(C)N1CCOCC1C)N(C)Cc1ccc(Br)cc1.I. The quantitative estimate of drug-likeness (QED) is 0.365.